The van der Waals surface area contributed by atoms with Crippen LogP contribution in [0.25, 0.3) is 0 Å². The fourth-order valence-corrected chi connectivity index (χ4v) is 3.08. The normalized spacial score (nSPS) is 52.5. The van der Waals surface area contributed by atoms with Gasteiger partial charge in [0.05, 0.1) is 18.8 Å². The zero-order valence-corrected chi connectivity index (χ0v) is 7.57. The molecule has 3 rings (SSSR count). The van der Waals surface area contributed by atoms with Crippen molar-refractivity contribution < 1.29 is 9.84 Å². The van der Waals surface area contributed by atoms with Gasteiger partial charge in [0.1, 0.15) is 0 Å². The lowest BCUT2D eigenvalue weighted by molar-refractivity contribution is 0.0207. The van der Waals surface area contributed by atoms with E-state index >= 15 is 0 Å². The van der Waals surface area contributed by atoms with E-state index in [2.05, 4.69) is 17.5 Å². The number of hydrogen-bond acceptors (Lipinski definition) is 3. The van der Waals surface area contributed by atoms with Crippen molar-refractivity contribution in [1.29, 1.82) is 0 Å². The van der Waals surface area contributed by atoms with Gasteiger partial charge in [-0.05, 0) is 13.0 Å². The van der Waals surface area contributed by atoms with Crippen LogP contribution in [0.5, 0.6) is 0 Å². The van der Waals surface area contributed by atoms with Crippen LogP contribution < -0.4 is 5.32 Å². The predicted molar refractivity (Wildman–Crippen MR) is 48.3 cm³/mol. The predicted octanol–water partition coefficient (Wildman–Crippen LogP) is -0.0882. The van der Waals surface area contributed by atoms with Crippen LogP contribution in [-0.4, -0.2) is 37.0 Å². The molecule has 0 aromatic rings. The highest BCUT2D eigenvalue weighted by atomic mass is 16.5. The number of aliphatic hydroxyl groups is 1. The number of nitrogens with one attached hydrogen (secondary N) is 1. The van der Waals surface area contributed by atoms with Crippen LogP contribution in [0, 0.1) is 11.3 Å². The lowest BCUT2D eigenvalue weighted by Gasteiger charge is -2.41. The highest BCUT2D eigenvalue weighted by molar-refractivity contribution is 5.21. The average molecular weight is 181 g/mol. The Bertz CT molecular complexity index is 253. The first-order valence-corrected chi connectivity index (χ1v) is 5.02. The summed E-state index contributed by atoms with van der Waals surface area (Å²) >= 11 is 0. The van der Waals surface area contributed by atoms with E-state index in [1.165, 1.54) is 0 Å². The second kappa shape index (κ2) is 2.56. The van der Waals surface area contributed by atoms with Crippen LogP contribution in [0.2, 0.25) is 0 Å². The molecule has 0 saturated carbocycles. The Morgan fingerprint density at radius 3 is 3.23 bits per heavy atom. The molecular formula is C10H15NO2. The highest BCUT2D eigenvalue weighted by Gasteiger charge is 2.57. The fraction of sp³-hybridized carbons (Fsp3) is 0.800. The van der Waals surface area contributed by atoms with Crippen LogP contribution in [-0.2, 0) is 4.74 Å². The third kappa shape index (κ3) is 0.848. The van der Waals surface area contributed by atoms with Gasteiger partial charge in [-0.25, -0.2) is 0 Å². The Labute approximate surface area is 77.8 Å². The van der Waals surface area contributed by atoms with Crippen molar-refractivity contribution >= 4 is 0 Å². The molecule has 2 saturated heterocycles. The summed E-state index contributed by atoms with van der Waals surface area (Å²) in [5.41, 5.74) is 0.0324. The lowest BCUT2D eigenvalue weighted by Crippen LogP contribution is -2.51. The molecule has 2 fully saturated rings. The van der Waals surface area contributed by atoms with Gasteiger partial charge in [0.15, 0.2) is 0 Å². The Morgan fingerprint density at radius 2 is 2.46 bits per heavy atom. The molecule has 72 valence electrons. The summed E-state index contributed by atoms with van der Waals surface area (Å²) in [6, 6.07) is 0. The molecule has 4 atom stereocenters. The van der Waals surface area contributed by atoms with Crippen LogP contribution in [0.3, 0.4) is 0 Å². The number of ether oxygens (including phenoxy) is 1. The molecule has 4 unspecified atom stereocenters. The lowest BCUT2D eigenvalue weighted by atomic mass is 9.65. The summed E-state index contributed by atoms with van der Waals surface area (Å²) in [6.07, 6.45) is 5.75. The van der Waals surface area contributed by atoms with E-state index in [0.29, 0.717) is 5.92 Å². The van der Waals surface area contributed by atoms with Gasteiger partial charge in [-0.2, -0.15) is 0 Å². The maximum Gasteiger partial charge on any atom is 0.0847 e. The number of fused-ring (bicyclic) bond motifs is 5. The molecule has 13 heavy (non-hydrogen) atoms. The topological polar surface area (TPSA) is 41.5 Å². The van der Waals surface area contributed by atoms with Crippen molar-refractivity contribution in [3.63, 3.8) is 0 Å². The molecular weight excluding hydrogens is 166 g/mol. The summed E-state index contributed by atoms with van der Waals surface area (Å²) in [5.74, 6) is 0.487. The number of hydrogen-bond donors (Lipinski definition) is 2. The van der Waals surface area contributed by atoms with Crippen LogP contribution in [0.1, 0.15) is 6.42 Å². The molecule has 0 radical (unpaired) electrons. The minimum atomic E-state index is 0.0324. The number of rotatable bonds is 1. The molecule has 2 bridgehead atoms. The van der Waals surface area contributed by atoms with E-state index in [1.807, 2.05) is 0 Å². The average Bonchev–Trinajstić information content (AvgIpc) is 2.77. The fourth-order valence-electron chi connectivity index (χ4n) is 3.08. The first kappa shape index (κ1) is 7.97. The van der Waals surface area contributed by atoms with E-state index in [-0.39, 0.29) is 24.2 Å². The molecule has 0 aromatic heterocycles. The first-order valence-electron chi connectivity index (χ1n) is 5.02. The van der Waals surface area contributed by atoms with Crippen LogP contribution in [0.4, 0.5) is 0 Å². The SMILES string of the molecule is OCC12CCNCC1C1C=CC2O1. The van der Waals surface area contributed by atoms with Gasteiger partial charge in [-0.3, -0.25) is 0 Å². The van der Waals surface area contributed by atoms with Gasteiger partial charge < -0.3 is 15.2 Å². The summed E-state index contributed by atoms with van der Waals surface area (Å²) in [5, 5.41) is 12.9. The first-order chi connectivity index (χ1) is 6.37. The van der Waals surface area contributed by atoms with E-state index in [0.717, 1.165) is 19.5 Å². The van der Waals surface area contributed by atoms with Crippen LogP contribution >= 0.6 is 0 Å². The van der Waals surface area contributed by atoms with Crippen molar-refractivity contribution in [2.24, 2.45) is 11.3 Å². The maximum atomic E-state index is 9.53. The highest BCUT2D eigenvalue weighted by Crippen LogP contribution is 2.51. The van der Waals surface area contributed by atoms with Crippen molar-refractivity contribution in [2.45, 2.75) is 18.6 Å². The quantitative estimate of drug-likeness (QED) is 0.556. The largest absolute Gasteiger partial charge is 0.396 e. The molecule has 0 aliphatic carbocycles. The summed E-state index contributed by atoms with van der Waals surface area (Å²) in [7, 11) is 0. The van der Waals surface area contributed by atoms with E-state index in [1.54, 1.807) is 0 Å². The molecule has 3 aliphatic heterocycles. The number of piperidine rings is 1. The van der Waals surface area contributed by atoms with Gasteiger partial charge in [-0.15, -0.1) is 0 Å². The van der Waals surface area contributed by atoms with Crippen LogP contribution in [0.15, 0.2) is 12.2 Å². The Hall–Kier alpha value is -0.380. The molecule has 0 aromatic carbocycles. The van der Waals surface area contributed by atoms with Crippen molar-refractivity contribution in [2.75, 3.05) is 19.7 Å². The van der Waals surface area contributed by atoms with Crippen molar-refractivity contribution in [3.8, 4) is 0 Å². The molecule has 3 nitrogen and oxygen atoms in total. The summed E-state index contributed by atoms with van der Waals surface area (Å²) in [4.78, 5) is 0. The molecule has 2 N–H and O–H groups in total. The molecule has 0 amide bonds. The maximum absolute atomic E-state index is 9.53. The van der Waals surface area contributed by atoms with Crippen molar-refractivity contribution in [3.05, 3.63) is 12.2 Å². The molecule has 3 heterocycles. The van der Waals surface area contributed by atoms with Gasteiger partial charge in [0, 0.05) is 17.9 Å². The smallest absolute Gasteiger partial charge is 0.0847 e. The minimum absolute atomic E-state index is 0.0324. The van der Waals surface area contributed by atoms with Gasteiger partial charge in [0.25, 0.3) is 0 Å². The Morgan fingerprint density at radius 1 is 1.54 bits per heavy atom. The summed E-state index contributed by atoms with van der Waals surface area (Å²) < 4.78 is 5.80. The third-order valence-corrected chi connectivity index (χ3v) is 3.91. The van der Waals surface area contributed by atoms with E-state index in [9.17, 15) is 5.11 Å². The Balaban J connectivity index is 1.99. The number of aliphatic hydroxyl groups excluding tert-OH is 1. The second-order valence-corrected chi connectivity index (χ2v) is 4.36. The zero-order chi connectivity index (χ0) is 8.89. The zero-order valence-electron chi connectivity index (χ0n) is 7.57. The minimum Gasteiger partial charge on any atom is -0.396 e. The van der Waals surface area contributed by atoms with E-state index < -0.39 is 0 Å². The molecule has 0 spiro atoms. The third-order valence-electron chi connectivity index (χ3n) is 3.91. The molecule has 3 heteroatoms. The Kier molecular flexibility index (Phi) is 1.57. The standard InChI is InChI=1S/C10H15NO2/c12-6-10-3-4-11-5-7(10)8-1-2-9(10)13-8/h1-2,7-9,11-12H,3-6H2. The van der Waals surface area contributed by atoms with Crippen molar-refractivity contribution in [1.82, 2.24) is 5.32 Å². The van der Waals surface area contributed by atoms with E-state index in [4.69, 9.17) is 4.74 Å². The van der Waals surface area contributed by atoms with Gasteiger partial charge >= 0.3 is 0 Å². The van der Waals surface area contributed by atoms with Gasteiger partial charge in [-0.1, -0.05) is 12.2 Å². The second-order valence-electron chi connectivity index (χ2n) is 4.36. The van der Waals surface area contributed by atoms with Gasteiger partial charge in [0.2, 0.25) is 0 Å². The summed E-state index contributed by atoms with van der Waals surface area (Å²) in [6.45, 7) is 2.27. The monoisotopic (exact) mass is 181 g/mol. The molecule has 3 aliphatic rings.